The molecule has 8 heteroatoms. The van der Waals surface area contributed by atoms with Gasteiger partial charge in [0.25, 0.3) is 0 Å². The minimum atomic E-state index is -2.21. The minimum Gasteiger partial charge on any atom is -0.768 e. The Labute approximate surface area is 93.4 Å². The summed E-state index contributed by atoms with van der Waals surface area (Å²) in [5.41, 5.74) is 6.02. The third-order valence-corrected chi connectivity index (χ3v) is 2.46. The number of aromatic nitrogens is 3. The quantitative estimate of drug-likeness (QED) is 0.664. The Kier molecular flexibility index (Phi) is 2.84. The number of nitrogen functional groups attached to an aromatic ring is 1. The fourth-order valence-electron chi connectivity index (χ4n) is 1.11. The van der Waals surface area contributed by atoms with Crippen LogP contribution in [0.3, 0.4) is 0 Å². The maximum Gasteiger partial charge on any atom is 0.248 e. The van der Waals surface area contributed by atoms with Crippen LogP contribution in [0.2, 0.25) is 0 Å². The van der Waals surface area contributed by atoms with Gasteiger partial charge < -0.3 is 15.6 Å². The van der Waals surface area contributed by atoms with Crippen LogP contribution in [0, 0.1) is 0 Å². The van der Waals surface area contributed by atoms with Crippen LogP contribution in [0.5, 0.6) is 0 Å². The van der Waals surface area contributed by atoms with Crippen LogP contribution in [-0.4, -0.2) is 23.9 Å². The topological polar surface area (TPSA) is 120 Å². The highest BCUT2D eigenvalue weighted by molar-refractivity contribution is 7.79. The molecular formula is C8H8N5O2S-. The molecule has 0 radical (unpaired) electrons. The van der Waals surface area contributed by atoms with E-state index in [9.17, 15) is 8.76 Å². The summed E-state index contributed by atoms with van der Waals surface area (Å²) in [6, 6.07) is 6.16. The fourth-order valence-corrected chi connectivity index (χ4v) is 1.47. The van der Waals surface area contributed by atoms with Gasteiger partial charge in [-0.3, -0.25) is 4.21 Å². The van der Waals surface area contributed by atoms with Gasteiger partial charge in [0, 0.05) is 10.6 Å². The summed E-state index contributed by atoms with van der Waals surface area (Å²) in [5, 5.41) is 9.11. The molecular weight excluding hydrogens is 230 g/mol. The molecule has 0 aliphatic heterocycles. The lowest BCUT2D eigenvalue weighted by Gasteiger charge is -2.06. The van der Waals surface area contributed by atoms with E-state index in [1.807, 2.05) is 0 Å². The summed E-state index contributed by atoms with van der Waals surface area (Å²) in [6.07, 6.45) is 0. The van der Waals surface area contributed by atoms with Crippen molar-refractivity contribution in [3.05, 3.63) is 24.3 Å². The van der Waals surface area contributed by atoms with Crippen molar-refractivity contribution in [2.75, 3.05) is 11.1 Å². The number of H-pyrrole nitrogens is 1. The highest BCUT2D eigenvalue weighted by atomic mass is 32.2. The Bertz CT molecular complexity index is 509. The zero-order valence-electron chi connectivity index (χ0n) is 8.01. The first-order valence-electron chi connectivity index (χ1n) is 4.29. The van der Waals surface area contributed by atoms with Gasteiger partial charge in [-0.05, 0) is 35.3 Å². The number of hydrogen-bond acceptors (Lipinski definition) is 6. The third-order valence-electron chi connectivity index (χ3n) is 1.81. The van der Waals surface area contributed by atoms with Gasteiger partial charge in [-0.1, -0.05) is 0 Å². The summed E-state index contributed by atoms with van der Waals surface area (Å²) in [7, 11) is 0. The van der Waals surface area contributed by atoms with Gasteiger partial charge in [-0.25, -0.2) is 5.10 Å². The first kappa shape index (κ1) is 10.6. The van der Waals surface area contributed by atoms with E-state index in [1.54, 1.807) is 12.1 Å². The summed E-state index contributed by atoms with van der Waals surface area (Å²) >= 11 is -2.21. The second kappa shape index (κ2) is 4.29. The lowest BCUT2D eigenvalue weighted by atomic mass is 10.3. The first-order valence-corrected chi connectivity index (χ1v) is 5.37. The summed E-state index contributed by atoms with van der Waals surface area (Å²) in [4.78, 5) is 4.06. The Morgan fingerprint density at radius 1 is 1.38 bits per heavy atom. The monoisotopic (exact) mass is 238 g/mol. The van der Waals surface area contributed by atoms with Crippen molar-refractivity contribution in [3.63, 3.8) is 0 Å². The van der Waals surface area contributed by atoms with E-state index in [0.717, 1.165) is 0 Å². The Morgan fingerprint density at radius 3 is 2.56 bits per heavy atom. The van der Waals surface area contributed by atoms with Crippen LogP contribution in [-0.2, 0) is 11.1 Å². The van der Waals surface area contributed by atoms with E-state index in [-0.39, 0.29) is 10.8 Å². The van der Waals surface area contributed by atoms with Crippen LogP contribution in [0.15, 0.2) is 29.2 Å². The average Bonchev–Trinajstić information content (AvgIpc) is 2.65. The van der Waals surface area contributed by atoms with E-state index < -0.39 is 11.1 Å². The van der Waals surface area contributed by atoms with E-state index in [2.05, 4.69) is 20.5 Å². The Hall–Kier alpha value is -1.93. The van der Waals surface area contributed by atoms with Crippen LogP contribution >= 0.6 is 0 Å². The minimum absolute atomic E-state index is 0.208. The van der Waals surface area contributed by atoms with E-state index in [1.165, 1.54) is 12.1 Å². The smallest absolute Gasteiger partial charge is 0.248 e. The predicted molar refractivity (Wildman–Crippen MR) is 57.7 cm³/mol. The second-order valence-corrected chi connectivity index (χ2v) is 3.87. The molecule has 0 spiro atoms. The zero-order chi connectivity index (χ0) is 11.5. The van der Waals surface area contributed by atoms with Gasteiger partial charge in [0.1, 0.15) is 0 Å². The highest BCUT2D eigenvalue weighted by Gasteiger charge is 2.00. The lowest BCUT2D eigenvalue weighted by Crippen LogP contribution is -1.94. The van der Waals surface area contributed by atoms with Gasteiger partial charge in [0.2, 0.25) is 11.9 Å². The molecule has 7 nitrogen and oxygen atoms in total. The number of benzene rings is 1. The van der Waals surface area contributed by atoms with Gasteiger partial charge >= 0.3 is 0 Å². The van der Waals surface area contributed by atoms with E-state index >= 15 is 0 Å². The van der Waals surface area contributed by atoms with Crippen LogP contribution in [0.1, 0.15) is 0 Å². The molecule has 2 aromatic rings. The third kappa shape index (κ3) is 2.35. The fraction of sp³-hybridized carbons (Fsp3) is 0. The van der Waals surface area contributed by atoms with Gasteiger partial charge in [0.05, 0.1) is 0 Å². The molecule has 1 aromatic carbocycles. The van der Waals surface area contributed by atoms with E-state index in [0.29, 0.717) is 11.6 Å². The molecule has 84 valence electrons. The number of nitrogens with one attached hydrogen (secondary N) is 2. The summed E-state index contributed by atoms with van der Waals surface area (Å²) in [5.74, 6) is 0.535. The largest absolute Gasteiger partial charge is 0.768 e. The van der Waals surface area contributed by atoms with Gasteiger partial charge in [-0.2, -0.15) is 4.98 Å². The number of hydrogen-bond donors (Lipinski definition) is 3. The Balaban J connectivity index is 2.14. The number of nitrogens with two attached hydrogens (primary N) is 1. The number of anilines is 3. The number of aromatic amines is 1. The SMILES string of the molecule is Nc1nc(Nc2ccc(S(=O)[O-])cc2)n[nH]1. The molecule has 0 aliphatic carbocycles. The van der Waals surface area contributed by atoms with Gasteiger partial charge in [0.15, 0.2) is 0 Å². The van der Waals surface area contributed by atoms with Crippen molar-refractivity contribution in [1.82, 2.24) is 15.2 Å². The second-order valence-electron chi connectivity index (χ2n) is 2.93. The lowest BCUT2D eigenvalue weighted by molar-refractivity contribution is 0.537. The Morgan fingerprint density at radius 2 is 2.06 bits per heavy atom. The molecule has 0 aliphatic rings. The molecule has 0 amide bonds. The number of nitrogens with zero attached hydrogens (tertiary/aromatic N) is 2. The number of rotatable bonds is 3. The normalized spacial score (nSPS) is 12.3. The van der Waals surface area contributed by atoms with Crippen LogP contribution < -0.4 is 11.1 Å². The predicted octanol–water partition coefficient (Wildman–Crippen LogP) is 0.368. The molecule has 16 heavy (non-hydrogen) atoms. The average molecular weight is 238 g/mol. The molecule has 1 atom stereocenters. The van der Waals surface area contributed by atoms with Crippen molar-refractivity contribution in [1.29, 1.82) is 0 Å². The van der Waals surface area contributed by atoms with Crippen molar-refractivity contribution in [2.24, 2.45) is 0 Å². The molecule has 2 rings (SSSR count). The van der Waals surface area contributed by atoms with Crippen molar-refractivity contribution >= 4 is 28.7 Å². The standard InChI is InChI=1S/C8H9N5O2S/c9-7-11-8(13-12-7)10-5-1-3-6(4-2-5)16(14)15/h1-4H,(H,14,15)(H4,9,10,11,12,13)/p-1. The maximum atomic E-state index is 10.6. The van der Waals surface area contributed by atoms with Crippen molar-refractivity contribution < 1.29 is 8.76 Å². The molecule has 1 aromatic heterocycles. The van der Waals surface area contributed by atoms with Crippen molar-refractivity contribution in [3.8, 4) is 0 Å². The summed E-state index contributed by atoms with van der Waals surface area (Å²) < 4.78 is 21.2. The van der Waals surface area contributed by atoms with Crippen LogP contribution in [0.25, 0.3) is 0 Å². The molecule has 0 saturated carbocycles. The molecule has 4 N–H and O–H groups in total. The molecule has 0 bridgehead atoms. The summed E-state index contributed by atoms with van der Waals surface area (Å²) in [6.45, 7) is 0. The first-order chi connectivity index (χ1) is 7.65. The maximum absolute atomic E-state index is 10.6. The van der Waals surface area contributed by atoms with Gasteiger partial charge in [-0.15, -0.1) is 5.10 Å². The van der Waals surface area contributed by atoms with Crippen molar-refractivity contribution in [2.45, 2.75) is 4.90 Å². The molecule has 1 unspecified atom stereocenters. The molecule has 1 heterocycles. The zero-order valence-corrected chi connectivity index (χ0v) is 8.82. The molecule has 0 saturated heterocycles. The van der Waals surface area contributed by atoms with Crippen LogP contribution in [0.4, 0.5) is 17.6 Å². The van der Waals surface area contributed by atoms with E-state index in [4.69, 9.17) is 5.73 Å². The molecule has 0 fully saturated rings. The highest BCUT2D eigenvalue weighted by Crippen LogP contribution is 2.15.